The number of amides is 1. The van der Waals surface area contributed by atoms with Gasteiger partial charge in [-0.2, -0.15) is 0 Å². The van der Waals surface area contributed by atoms with Crippen LogP contribution in [0, 0.1) is 5.92 Å². The summed E-state index contributed by atoms with van der Waals surface area (Å²) in [5.41, 5.74) is 3.96. The Morgan fingerprint density at radius 2 is 1.84 bits per heavy atom. The molecule has 0 saturated heterocycles. The molecule has 2 aromatic rings. The Kier molecular flexibility index (Phi) is 10.1. The van der Waals surface area contributed by atoms with E-state index in [-0.39, 0.29) is 23.3 Å². The molecule has 38 heavy (non-hydrogen) atoms. The molecule has 0 radical (unpaired) electrons. The number of carbonyl (C=O) groups is 2. The van der Waals surface area contributed by atoms with Gasteiger partial charge in [0.05, 0.1) is 21.3 Å². The first kappa shape index (κ1) is 29.4. The number of benzene rings is 2. The number of methoxy groups -OCH3 is 3. The summed E-state index contributed by atoms with van der Waals surface area (Å²) in [6.07, 6.45) is 3.58. The van der Waals surface area contributed by atoms with E-state index in [0.29, 0.717) is 28.6 Å². The minimum atomic E-state index is -0.553. The van der Waals surface area contributed by atoms with Crippen LogP contribution >= 0.6 is 11.6 Å². The highest BCUT2D eigenvalue weighted by Gasteiger charge is 2.42. The number of nitrogens with one attached hydrogen (secondary N) is 1. The van der Waals surface area contributed by atoms with Crippen molar-refractivity contribution in [3.05, 3.63) is 63.7 Å². The summed E-state index contributed by atoms with van der Waals surface area (Å²) in [5.74, 6) is 0.267. The number of anilines is 1. The van der Waals surface area contributed by atoms with E-state index in [4.69, 9.17) is 30.5 Å². The van der Waals surface area contributed by atoms with E-state index < -0.39 is 18.2 Å². The van der Waals surface area contributed by atoms with E-state index in [0.717, 1.165) is 24.0 Å². The van der Waals surface area contributed by atoms with Crippen molar-refractivity contribution in [2.75, 3.05) is 26.6 Å². The van der Waals surface area contributed by atoms with E-state index in [2.05, 4.69) is 39.1 Å². The van der Waals surface area contributed by atoms with Gasteiger partial charge in [-0.05, 0) is 74.8 Å². The summed E-state index contributed by atoms with van der Waals surface area (Å²) in [6.45, 7) is 8.37. The Morgan fingerprint density at radius 1 is 1.13 bits per heavy atom. The molecule has 1 N–H and O–H groups in total. The molecular formula is C30H38ClNO6. The van der Waals surface area contributed by atoms with Crippen LogP contribution in [-0.2, 0) is 9.47 Å². The van der Waals surface area contributed by atoms with Crippen molar-refractivity contribution >= 4 is 29.4 Å². The smallest absolute Gasteiger partial charge is 0.411 e. The van der Waals surface area contributed by atoms with Crippen LogP contribution < -0.4 is 14.8 Å². The molecule has 0 spiro atoms. The second kappa shape index (κ2) is 13.1. The number of hydrogen-bond acceptors (Lipinski definition) is 6. The summed E-state index contributed by atoms with van der Waals surface area (Å²) < 4.78 is 22.6. The molecule has 0 aliphatic heterocycles. The number of ether oxygens (including phenoxy) is 4. The SMILES string of the molecule is COC(=O)c1cc2c(c(OC)c1OC)[C@H](C)C[C@@H](OC(=O)Nc1cccc(Cl)c1)[C@H]2[C@@H](C)CCC=C(C)C. The molecule has 0 saturated carbocycles. The van der Waals surface area contributed by atoms with Crippen molar-refractivity contribution in [3.63, 3.8) is 0 Å². The van der Waals surface area contributed by atoms with E-state index in [1.807, 2.05) is 6.07 Å². The first-order valence-corrected chi connectivity index (χ1v) is 13.2. The van der Waals surface area contributed by atoms with Crippen molar-refractivity contribution in [1.82, 2.24) is 0 Å². The zero-order valence-corrected chi connectivity index (χ0v) is 24.0. The highest BCUT2D eigenvalue weighted by atomic mass is 35.5. The number of fused-ring (bicyclic) bond motifs is 1. The second-order valence-corrected chi connectivity index (χ2v) is 10.5. The van der Waals surface area contributed by atoms with Gasteiger partial charge in [0, 0.05) is 22.2 Å². The van der Waals surface area contributed by atoms with Crippen LogP contribution in [0.2, 0.25) is 5.02 Å². The third-order valence-electron chi connectivity index (χ3n) is 7.08. The van der Waals surface area contributed by atoms with Gasteiger partial charge in [-0.1, -0.05) is 43.2 Å². The Hall–Kier alpha value is -3.19. The lowest BCUT2D eigenvalue weighted by molar-refractivity contribution is 0.0576. The molecule has 8 heteroatoms. The van der Waals surface area contributed by atoms with Gasteiger partial charge in [0.25, 0.3) is 0 Å². The molecule has 1 amide bonds. The summed E-state index contributed by atoms with van der Waals surface area (Å²) >= 11 is 6.08. The standard InChI is InChI=1S/C30H38ClNO6/c1-17(2)10-8-11-18(3)25-22-16-23(29(33)37-7)27(35-5)28(36-6)26(22)19(4)14-24(25)38-30(34)32-21-13-9-12-20(31)15-21/h9-10,12-13,15-16,18-19,24-25H,8,11,14H2,1-7H3,(H,32,34)/t18-,19+,24+,25-/m0/s1. The fourth-order valence-electron chi connectivity index (χ4n) is 5.40. The lowest BCUT2D eigenvalue weighted by Gasteiger charge is -2.40. The zero-order chi connectivity index (χ0) is 28.0. The van der Waals surface area contributed by atoms with E-state index in [1.165, 1.54) is 19.8 Å². The fraction of sp³-hybridized carbons (Fsp3) is 0.467. The zero-order valence-electron chi connectivity index (χ0n) is 23.2. The van der Waals surface area contributed by atoms with Gasteiger partial charge in [0.1, 0.15) is 11.7 Å². The van der Waals surface area contributed by atoms with E-state index in [1.54, 1.807) is 31.4 Å². The highest BCUT2D eigenvalue weighted by molar-refractivity contribution is 6.30. The largest absolute Gasteiger partial charge is 0.493 e. The average molecular weight is 544 g/mol. The summed E-state index contributed by atoms with van der Waals surface area (Å²) in [4.78, 5) is 25.8. The van der Waals surface area contributed by atoms with Crippen LogP contribution in [0.25, 0.3) is 0 Å². The molecule has 2 aromatic carbocycles. The molecule has 7 nitrogen and oxygen atoms in total. The average Bonchev–Trinajstić information content (AvgIpc) is 2.86. The third-order valence-corrected chi connectivity index (χ3v) is 7.31. The number of carbonyl (C=O) groups excluding carboxylic acids is 2. The fourth-order valence-corrected chi connectivity index (χ4v) is 5.59. The monoisotopic (exact) mass is 543 g/mol. The molecule has 0 aromatic heterocycles. The van der Waals surface area contributed by atoms with Crippen molar-refractivity contribution in [2.45, 2.75) is 64.9 Å². The molecule has 1 aliphatic carbocycles. The Labute approximate surface area is 230 Å². The third kappa shape index (κ3) is 6.62. The molecule has 1 aliphatic rings. The molecule has 0 fully saturated rings. The van der Waals surface area contributed by atoms with Crippen LogP contribution in [0.4, 0.5) is 10.5 Å². The van der Waals surface area contributed by atoms with Crippen LogP contribution in [-0.4, -0.2) is 39.5 Å². The number of halogens is 1. The van der Waals surface area contributed by atoms with Crippen LogP contribution in [0.3, 0.4) is 0 Å². The maximum Gasteiger partial charge on any atom is 0.411 e. The minimum absolute atomic E-state index is 0.0225. The molecule has 4 atom stereocenters. The molecular weight excluding hydrogens is 506 g/mol. The Bertz CT molecular complexity index is 1190. The first-order valence-electron chi connectivity index (χ1n) is 12.8. The maximum absolute atomic E-state index is 13.0. The van der Waals surface area contributed by atoms with Gasteiger partial charge in [0.2, 0.25) is 0 Å². The number of allylic oxidation sites excluding steroid dienone is 2. The predicted molar refractivity (Wildman–Crippen MR) is 150 cm³/mol. The normalized spacial score (nSPS) is 19.0. The van der Waals surface area contributed by atoms with Gasteiger partial charge >= 0.3 is 12.1 Å². The van der Waals surface area contributed by atoms with Gasteiger partial charge in [-0.3, -0.25) is 5.32 Å². The first-order chi connectivity index (χ1) is 18.1. The Morgan fingerprint density at radius 3 is 2.45 bits per heavy atom. The lowest BCUT2D eigenvalue weighted by Crippen LogP contribution is -2.37. The predicted octanol–water partition coefficient (Wildman–Crippen LogP) is 7.73. The van der Waals surface area contributed by atoms with Crippen molar-refractivity contribution in [1.29, 1.82) is 0 Å². The number of rotatable bonds is 9. The van der Waals surface area contributed by atoms with Crippen LogP contribution in [0.15, 0.2) is 42.0 Å². The lowest BCUT2D eigenvalue weighted by atomic mass is 9.69. The van der Waals surface area contributed by atoms with Crippen LogP contribution in [0.5, 0.6) is 11.5 Å². The van der Waals surface area contributed by atoms with Crippen molar-refractivity contribution in [3.8, 4) is 11.5 Å². The highest BCUT2D eigenvalue weighted by Crippen LogP contribution is 2.52. The van der Waals surface area contributed by atoms with Crippen molar-refractivity contribution < 1.29 is 28.5 Å². The summed E-state index contributed by atoms with van der Waals surface area (Å²) in [7, 11) is 4.41. The number of hydrogen-bond donors (Lipinski definition) is 1. The van der Waals surface area contributed by atoms with E-state index in [9.17, 15) is 9.59 Å². The summed E-state index contributed by atoms with van der Waals surface area (Å²) in [5, 5.41) is 3.31. The van der Waals surface area contributed by atoms with Crippen LogP contribution in [0.1, 0.15) is 80.3 Å². The topological polar surface area (TPSA) is 83.1 Å². The van der Waals surface area contributed by atoms with Gasteiger partial charge in [0.15, 0.2) is 11.5 Å². The van der Waals surface area contributed by atoms with Gasteiger partial charge in [-0.25, -0.2) is 9.59 Å². The van der Waals surface area contributed by atoms with Gasteiger partial charge in [-0.15, -0.1) is 0 Å². The van der Waals surface area contributed by atoms with E-state index >= 15 is 0 Å². The second-order valence-electron chi connectivity index (χ2n) is 10.1. The van der Waals surface area contributed by atoms with Gasteiger partial charge < -0.3 is 18.9 Å². The maximum atomic E-state index is 13.0. The Balaban J connectivity index is 2.07. The minimum Gasteiger partial charge on any atom is -0.493 e. The van der Waals surface area contributed by atoms with Crippen molar-refractivity contribution in [2.24, 2.45) is 5.92 Å². The molecule has 0 unspecified atom stereocenters. The quantitative estimate of drug-likeness (QED) is 0.257. The molecule has 0 bridgehead atoms. The molecule has 0 heterocycles. The molecule has 3 rings (SSSR count). The number of esters is 1. The molecule has 206 valence electrons. The summed E-state index contributed by atoms with van der Waals surface area (Å²) in [6, 6.07) is 8.75.